The quantitative estimate of drug-likeness (QED) is 0.791. The van der Waals surface area contributed by atoms with Crippen LogP contribution in [0.15, 0.2) is 24.3 Å². The highest BCUT2D eigenvalue weighted by molar-refractivity contribution is 5.31. The fourth-order valence-electron chi connectivity index (χ4n) is 3.18. The summed E-state index contributed by atoms with van der Waals surface area (Å²) in [4.78, 5) is 0. The lowest BCUT2D eigenvalue weighted by atomic mass is 9.77. The van der Waals surface area contributed by atoms with E-state index in [1.165, 1.54) is 37.7 Å². The Bertz CT molecular complexity index is 452. The lowest BCUT2D eigenvalue weighted by molar-refractivity contribution is -0.0289. The minimum absolute atomic E-state index is 0.417. The van der Waals surface area contributed by atoms with Crippen molar-refractivity contribution >= 4 is 0 Å². The first-order chi connectivity index (χ1) is 10.3. The Balaban J connectivity index is 1.55. The molecule has 2 saturated carbocycles. The van der Waals surface area contributed by atoms with Gasteiger partial charge < -0.3 is 14.8 Å². The first-order valence-corrected chi connectivity index (χ1v) is 8.34. The zero-order chi connectivity index (χ0) is 14.7. The van der Waals surface area contributed by atoms with Crippen LogP contribution in [0.25, 0.3) is 0 Å². The summed E-state index contributed by atoms with van der Waals surface area (Å²) < 4.78 is 11.6. The molecule has 2 aliphatic carbocycles. The molecule has 3 nitrogen and oxygen atoms in total. The first-order valence-electron chi connectivity index (χ1n) is 8.34. The molecule has 116 valence electrons. The van der Waals surface area contributed by atoms with E-state index in [-0.39, 0.29) is 0 Å². The SMILES string of the molecule is CCOC1CC(CC(NC)c2cccc(OC3CC3)c2)C1. The Labute approximate surface area is 128 Å². The second kappa shape index (κ2) is 6.80. The summed E-state index contributed by atoms with van der Waals surface area (Å²) in [6, 6.07) is 9.02. The molecule has 0 bridgehead atoms. The molecule has 2 aliphatic rings. The molecule has 0 amide bonds. The van der Waals surface area contributed by atoms with Gasteiger partial charge in [0.1, 0.15) is 5.75 Å². The molecule has 1 aromatic carbocycles. The van der Waals surface area contributed by atoms with Gasteiger partial charge in [0.25, 0.3) is 0 Å². The van der Waals surface area contributed by atoms with Gasteiger partial charge in [-0.2, -0.15) is 0 Å². The van der Waals surface area contributed by atoms with Crippen LogP contribution in [0.3, 0.4) is 0 Å². The van der Waals surface area contributed by atoms with Gasteiger partial charge in [-0.1, -0.05) is 12.1 Å². The molecule has 21 heavy (non-hydrogen) atoms. The van der Waals surface area contributed by atoms with Crippen LogP contribution in [0, 0.1) is 5.92 Å². The van der Waals surface area contributed by atoms with Gasteiger partial charge in [0.15, 0.2) is 0 Å². The van der Waals surface area contributed by atoms with Gasteiger partial charge in [-0.05, 0) is 69.7 Å². The highest BCUT2D eigenvalue weighted by Gasteiger charge is 2.31. The molecule has 0 spiro atoms. The molecular weight excluding hydrogens is 262 g/mol. The zero-order valence-corrected chi connectivity index (χ0v) is 13.2. The van der Waals surface area contributed by atoms with Crippen molar-refractivity contribution in [3.8, 4) is 5.75 Å². The Morgan fingerprint density at radius 1 is 1.24 bits per heavy atom. The summed E-state index contributed by atoms with van der Waals surface area (Å²) in [7, 11) is 2.05. The van der Waals surface area contributed by atoms with Gasteiger partial charge >= 0.3 is 0 Å². The maximum absolute atomic E-state index is 5.91. The minimum Gasteiger partial charge on any atom is -0.490 e. The largest absolute Gasteiger partial charge is 0.490 e. The van der Waals surface area contributed by atoms with E-state index in [1.807, 2.05) is 0 Å². The third-order valence-electron chi connectivity index (χ3n) is 4.60. The minimum atomic E-state index is 0.417. The molecule has 1 unspecified atom stereocenters. The van der Waals surface area contributed by atoms with Crippen LogP contribution >= 0.6 is 0 Å². The zero-order valence-electron chi connectivity index (χ0n) is 13.2. The summed E-state index contributed by atoms with van der Waals surface area (Å²) >= 11 is 0. The number of hydrogen-bond acceptors (Lipinski definition) is 3. The summed E-state index contributed by atoms with van der Waals surface area (Å²) in [5, 5.41) is 3.46. The summed E-state index contributed by atoms with van der Waals surface area (Å²) in [5.41, 5.74) is 1.34. The van der Waals surface area contributed by atoms with Crippen molar-refractivity contribution in [3.05, 3.63) is 29.8 Å². The van der Waals surface area contributed by atoms with E-state index < -0.39 is 0 Å². The monoisotopic (exact) mass is 289 g/mol. The smallest absolute Gasteiger partial charge is 0.120 e. The fraction of sp³-hybridized carbons (Fsp3) is 0.667. The van der Waals surface area contributed by atoms with E-state index in [0.29, 0.717) is 18.2 Å². The molecule has 1 aromatic rings. The average Bonchev–Trinajstić information content (AvgIpc) is 3.25. The van der Waals surface area contributed by atoms with Crippen LogP contribution in [0.2, 0.25) is 0 Å². The van der Waals surface area contributed by atoms with Gasteiger partial charge in [-0.25, -0.2) is 0 Å². The van der Waals surface area contributed by atoms with Crippen molar-refractivity contribution in [2.45, 2.75) is 57.3 Å². The van der Waals surface area contributed by atoms with E-state index in [2.05, 4.69) is 43.6 Å². The standard InChI is InChI=1S/C18H27NO2/c1-3-20-17-9-13(10-17)11-18(19-2)14-5-4-6-16(12-14)21-15-7-8-15/h4-6,12-13,15,17-19H,3,7-11H2,1-2H3. The van der Waals surface area contributed by atoms with Crippen LogP contribution in [-0.4, -0.2) is 25.9 Å². The molecule has 0 aromatic heterocycles. The molecule has 1 N–H and O–H groups in total. The van der Waals surface area contributed by atoms with E-state index in [4.69, 9.17) is 9.47 Å². The lowest BCUT2D eigenvalue weighted by Crippen LogP contribution is -2.34. The highest BCUT2D eigenvalue weighted by Crippen LogP contribution is 2.37. The number of nitrogens with one attached hydrogen (secondary N) is 1. The van der Waals surface area contributed by atoms with Crippen LogP contribution in [0.1, 0.15) is 50.6 Å². The maximum Gasteiger partial charge on any atom is 0.120 e. The predicted molar refractivity (Wildman–Crippen MR) is 84.6 cm³/mol. The molecule has 0 saturated heterocycles. The predicted octanol–water partition coefficient (Wildman–Crippen LogP) is 3.69. The third-order valence-corrected chi connectivity index (χ3v) is 4.60. The fourth-order valence-corrected chi connectivity index (χ4v) is 3.18. The molecule has 0 heterocycles. The topological polar surface area (TPSA) is 30.5 Å². The summed E-state index contributed by atoms with van der Waals surface area (Å²) in [6.45, 7) is 2.92. The van der Waals surface area contributed by atoms with Crippen LogP contribution in [0.4, 0.5) is 0 Å². The van der Waals surface area contributed by atoms with Crippen molar-refractivity contribution in [3.63, 3.8) is 0 Å². The van der Waals surface area contributed by atoms with Crippen molar-refractivity contribution in [2.75, 3.05) is 13.7 Å². The summed E-state index contributed by atoms with van der Waals surface area (Å²) in [6.07, 6.45) is 7.00. The Hall–Kier alpha value is -1.06. The molecule has 0 aliphatic heterocycles. The number of ether oxygens (including phenoxy) is 2. The summed E-state index contributed by atoms with van der Waals surface area (Å²) in [5.74, 6) is 1.81. The second-order valence-electron chi connectivity index (χ2n) is 6.38. The van der Waals surface area contributed by atoms with Crippen LogP contribution < -0.4 is 10.1 Å². The van der Waals surface area contributed by atoms with E-state index >= 15 is 0 Å². The van der Waals surface area contributed by atoms with Gasteiger partial charge in [0.2, 0.25) is 0 Å². The van der Waals surface area contributed by atoms with E-state index in [1.54, 1.807) is 0 Å². The van der Waals surface area contributed by atoms with Crippen molar-refractivity contribution < 1.29 is 9.47 Å². The van der Waals surface area contributed by atoms with Gasteiger partial charge in [0, 0.05) is 12.6 Å². The number of hydrogen-bond donors (Lipinski definition) is 1. The number of benzene rings is 1. The van der Waals surface area contributed by atoms with Crippen LogP contribution in [-0.2, 0) is 4.74 Å². The molecular formula is C18H27NO2. The number of rotatable bonds is 8. The molecule has 3 heteroatoms. The maximum atomic E-state index is 5.91. The Morgan fingerprint density at radius 3 is 2.71 bits per heavy atom. The van der Waals surface area contributed by atoms with E-state index in [0.717, 1.165) is 18.3 Å². The Kier molecular flexibility index (Phi) is 4.81. The normalized spacial score (nSPS) is 26.2. The van der Waals surface area contributed by atoms with Gasteiger partial charge in [-0.3, -0.25) is 0 Å². The van der Waals surface area contributed by atoms with E-state index in [9.17, 15) is 0 Å². The van der Waals surface area contributed by atoms with Gasteiger partial charge in [0.05, 0.1) is 12.2 Å². The van der Waals surface area contributed by atoms with Gasteiger partial charge in [-0.15, -0.1) is 0 Å². The second-order valence-corrected chi connectivity index (χ2v) is 6.38. The van der Waals surface area contributed by atoms with Crippen LogP contribution in [0.5, 0.6) is 5.75 Å². The highest BCUT2D eigenvalue weighted by atomic mass is 16.5. The Morgan fingerprint density at radius 2 is 2.05 bits per heavy atom. The third kappa shape index (κ3) is 3.98. The van der Waals surface area contributed by atoms with Crippen molar-refractivity contribution in [1.82, 2.24) is 5.32 Å². The molecule has 2 fully saturated rings. The molecule has 0 radical (unpaired) electrons. The molecule has 1 atom stereocenters. The lowest BCUT2D eigenvalue weighted by Gasteiger charge is -2.37. The molecule has 3 rings (SSSR count). The van der Waals surface area contributed by atoms with Crippen molar-refractivity contribution in [1.29, 1.82) is 0 Å². The average molecular weight is 289 g/mol. The first kappa shape index (κ1) is 14.9. The van der Waals surface area contributed by atoms with Crippen molar-refractivity contribution in [2.24, 2.45) is 5.92 Å².